The van der Waals surface area contributed by atoms with Crippen LogP contribution in [0.2, 0.25) is 0 Å². The standard InChI is InChI=1S/C8H10N2O2S/c1-2-12-8(13)5-6-3-4-7(11)10-9-6/h3-4H,2,5H2,1H3,(H,10,11). The second-order valence-electron chi connectivity index (χ2n) is 2.39. The number of H-pyrrole nitrogens is 1. The third-order valence-corrected chi connectivity index (χ3v) is 1.63. The maximum atomic E-state index is 10.7. The maximum Gasteiger partial charge on any atom is 0.264 e. The van der Waals surface area contributed by atoms with Gasteiger partial charge in [0.15, 0.2) is 5.05 Å². The molecule has 13 heavy (non-hydrogen) atoms. The first-order valence-corrected chi connectivity index (χ1v) is 4.33. The maximum absolute atomic E-state index is 10.7. The first kappa shape index (κ1) is 9.85. The van der Waals surface area contributed by atoms with Crippen LogP contribution in [0.25, 0.3) is 0 Å². The summed E-state index contributed by atoms with van der Waals surface area (Å²) in [4.78, 5) is 10.7. The van der Waals surface area contributed by atoms with E-state index < -0.39 is 0 Å². The van der Waals surface area contributed by atoms with Crippen LogP contribution in [-0.2, 0) is 11.2 Å². The highest BCUT2D eigenvalue weighted by atomic mass is 32.1. The Hall–Kier alpha value is -1.23. The van der Waals surface area contributed by atoms with Crippen molar-refractivity contribution in [2.45, 2.75) is 13.3 Å². The smallest absolute Gasteiger partial charge is 0.264 e. The minimum atomic E-state index is -0.217. The van der Waals surface area contributed by atoms with E-state index >= 15 is 0 Å². The Kier molecular flexibility index (Phi) is 3.57. The van der Waals surface area contributed by atoms with Gasteiger partial charge < -0.3 is 4.74 Å². The molecule has 70 valence electrons. The van der Waals surface area contributed by atoms with Crippen molar-refractivity contribution in [3.05, 3.63) is 28.2 Å². The molecular formula is C8H10N2O2S. The van der Waals surface area contributed by atoms with E-state index in [1.165, 1.54) is 6.07 Å². The third-order valence-electron chi connectivity index (χ3n) is 1.37. The van der Waals surface area contributed by atoms with E-state index in [-0.39, 0.29) is 5.56 Å². The van der Waals surface area contributed by atoms with Crippen LogP contribution < -0.4 is 5.56 Å². The molecule has 1 N–H and O–H groups in total. The van der Waals surface area contributed by atoms with Crippen LogP contribution in [0, 0.1) is 0 Å². The zero-order chi connectivity index (χ0) is 9.68. The van der Waals surface area contributed by atoms with E-state index in [1.54, 1.807) is 6.07 Å². The summed E-state index contributed by atoms with van der Waals surface area (Å²) in [6.45, 7) is 2.43. The fourth-order valence-corrected chi connectivity index (χ4v) is 1.10. The molecule has 0 aromatic carbocycles. The van der Waals surface area contributed by atoms with Crippen molar-refractivity contribution in [1.29, 1.82) is 0 Å². The lowest BCUT2D eigenvalue weighted by molar-refractivity contribution is 0.329. The van der Waals surface area contributed by atoms with E-state index in [1.807, 2.05) is 6.92 Å². The molecule has 0 unspecified atom stereocenters. The lowest BCUT2D eigenvalue weighted by atomic mass is 10.3. The van der Waals surface area contributed by atoms with Crippen LogP contribution in [0.1, 0.15) is 12.6 Å². The van der Waals surface area contributed by atoms with Gasteiger partial charge >= 0.3 is 0 Å². The number of aromatic amines is 1. The topological polar surface area (TPSA) is 55.0 Å². The highest BCUT2D eigenvalue weighted by Gasteiger charge is 2.00. The molecule has 0 aliphatic rings. The number of rotatable bonds is 3. The van der Waals surface area contributed by atoms with Crippen molar-refractivity contribution < 1.29 is 4.74 Å². The molecule has 0 fully saturated rings. The van der Waals surface area contributed by atoms with Crippen LogP contribution in [0.3, 0.4) is 0 Å². The van der Waals surface area contributed by atoms with Crippen molar-refractivity contribution in [2.24, 2.45) is 0 Å². The Morgan fingerprint density at radius 3 is 3.00 bits per heavy atom. The van der Waals surface area contributed by atoms with Crippen LogP contribution in [0.15, 0.2) is 16.9 Å². The Morgan fingerprint density at radius 1 is 1.69 bits per heavy atom. The molecular weight excluding hydrogens is 188 g/mol. The fraction of sp³-hybridized carbons (Fsp3) is 0.375. The first-order valence-electron chi connectivity index (χ1n) is 3.92. The summed E-state index contributed by atoms with van der Waals surface area (Å²) >= 11 is 4.91. The molecule has 0 radical (unpaired) electrons. The van der Waals surface area contributed by atoms with E-state index in [0.29, 0.717) is 23.8 Å². The average Bonchev–Trinajstić information content (AvgIpc) is 2.09. The van der Waals surface area contributed by atoms with Crippen molar-refractivity contribution in [2.75, 3.05) is 6.61 Å². The molecule has 0 saturated heterocycles. The predicted octanol–water partition coefficient (Wildman–Crippen LogP) is 0.676. The number of thiocarbonyl (C=S) groups is 1. The number of nitrogens with one attached hydrogen (secondary N) is 1. The summed E-state index contributed by atoms with van der Waals surface area (Å²) in [6.07, 6.45) is 0.458. The van der Waals surface area contributed by atoms with E-state index in [9.17, 15) is 4.79 Å². The second kappa shape index (κ2) is 4.71. The normalized spacial score (nSPS) is 9.62. The average molecular weight is 198 g/mol. The quantitative estimate of drug-likeness (QED) is 0.725. The number of hydrogen-bond acceptors (Lipinski definition) is 4. The number of hydrogen-bond donors (Lipinski definition) is 1. The molecule has 0 aliphatic carbocycles. The Bertz CT molecular complexity index is 328. The van der Waals surface area contributed by atoms with E-state index in [2.05, 4.69) is 10.2 Å². The van der Waals surface area contributed by atoms with Gasteiger partial charge in [-0.05, 0) is 25.2 Å². The summed E-state index contributed by atoms with van der Waals surface area (Å²) in [5.74, 6) is 0. The lowest BCUT2D eigenvalue weighted by Gasteiger charge is -2.02. The van der Waals surface area contributed by atoms with Crippen molar-refractivity contribution in [1.82, 2.24) is 10.2 Å². The molecule has 5 heteroatoms. The van der Waals surface area contributed by atoms with Gasteiger partial charge in [0.25, 0.3) is 5.56 Å². The Labute approximate surface area is 80.9 Å². The molecule has 1 rings (SSSR count). The molecule has 1 aromatic heterocycles. The van der Waals surface area contributed by atoms with E-state index in [0.717, 1.165) is 0 Å². The Balaban J connectivity index is 2.59. The van der Waals surface area contributed by atoms with Crippen molar-refractivity contribution in [3.8, 4) is 0 Å². The van der Waals surface area contributed by atoms with Gasteiger partial charge in [0, 0.05) is 6.07 Å². The van der Waals surface area contributed by atoms with Crippen LogP contribution in [-0.4, -0.2) is 21.9 Å². The summed E-state index contributed by atoms with van der Waals surface area (Å²) < 4.78 is 5.08. The molecule has 1 heterocycles. The minimum Gasteiger partial charge on any atom is -0.487 e. The number of aromatic nitrogens is 2. The predicted molar refractivity (Wildman–Crippen MR) is 52.8 cm³/mol. The van der Waals surface area contributed by atoms with Crippen LogP contribution >= 0.6 is 12.2 Å². The molecule has 0 aliphatic heterocycles. The van der Waals surface area contributed by atoms with Gasteiger partial charge in [-0.2, -0.15) is 5.10 Å². The van der Waals surface area contributed by atoms with Crippen molar-refractivity contribution >= 4 is 17.3 Å². The monoisotopic (exact) mass is 198 g/mol. The number of nitrogens with zero attached hydrogens (tertiary/aromatic N) is 1. The molecule has 0 atom stereocenters. The van der Waals surface area contributed by atoms with Crippen LogP contribution in [0.4, 0.5) is 0 Å². The molecule has 0 amide bonds. The van der Waals surface area contributed by atoms with Gasteiger partial charge in [-0.1, -0.05) is 0 Å². The van der Waals surface area contributed by atoms with Gasteiger partial charge in [-0.3, -0.25) is 4.79 Å². The second-order valence-corrected chi connectivity index (χ2v) is 2.85. The van der Waals surface area contributed by atoms with Gasteiger partial charge in [-0.25, -0.2) is 5.10 Å². The summed E-state index contributed by atoms with van der Waals surface area (Å²) in [6, 6.07) is 3.04. The Morgan fingerprint density at radius 2 is 2.46 bits per heavy atom. The van der Waals surface area contributed by atoms with Crippen LogP contribution in [0.5, 0.6) is 0 Å². The SMILES string of the molecule is CCOC(=S)Cc1ccc(=O)[nH]n1. The first-order chi connectivity index (χ1) is 6.22. The molecule has 0 saturated carbocycles. The molecule has 1 aromatic rings. The highest BCUT2D eigenvalue weighted by molar-refractivity contribution is 7.80. The van der Waals surface area contributed by atoms with E-state index in [4.69, 9.17) is 17.0 Å². The molecule has 0 bridgehead atoms. The largest absolute Gasteiger partial charge is 0.487 e. The highest BCUT2D eigenvalue weighted by Crippen LogP contribution is 1.95. The molecule has 4 nitrogen and oxygen atoms in total. The molecule has 0 spiro atoms. The summed E-state index contributed by atoms with van der Waals surface area (Å²) in [5.41, 5.74) is 0.490. The van der Waals surface area contributed by atoms with Gasteiger partial charge in [0.2, 0.25) is 0 Å². The van der Waals surface area contributed by atoms with Gasteiger partial charge in [0.05, 0.1) is 18.7 Å². The van der Waals surface area contributed by atoms with Gasteiger partial charge in [-0.15, -0.1) is 0 Å². The third kappa shape index (κ3) is 3.33. The lowest BCUT2D eigenvalue weighted by Crippen LogP contribution is -2.11. The van der Waals surface area contributed by atoms with Gasteiger partial charge in [0.1, 0.15) is 0 Å². The minimum absolute atomic E-state index is 0.217. The number of ether oxygens (including phenoxy) is 1. The van der Waals surface area contributed by atoms with Crippen molar-refractivity contribution in [3.63, 3.8) is 0 Å². The fourth-order valence-electron chi connectivity index (χ4n) is 0.832. The summed E-state index contributed by atoms with van der Waals surface area (Å²) in [5, 5.41) is 6.61. The zero-order valence-corrected chi connectivity index (χ0v) is 8.06. The zero-order valence-electron chi connectivity index (χ0n) is 7.24. The summed E-state index contributed by atoms with van der Waals surface area (Å²) in [7, 11) is 0.